The van der Waals surface area contributed by atoms with Crippen LogP contribution in [0.25, 0.3) is 110 Å². The Balaban J connectivity index is 1.06. The van der Waals surface area contributed by atoms with Crippen LogP contribution in [0, 0.1) is 0 Å². The van der Waals surface area contributed by atoms with Crippen LogP contribution in [0.15, 0.2) is 194 Å². The van der Waals surface area contributed by atoms with E-state index in [0.717, 1.165) is 38.6 Å². The molecule has 13 rings (SSSR count). The molecule has 9 aromatic carbocycles. The van der Waals surface area contributed by atoms with Crippen molar-refractivity contribution in [1.29, 1.82) is 0 Å². The molecule has 0 aliphatic heterocycles. The van der Waals surface area contributed by atoms with E-state index >= 15 is 0 Å². The van der Waals surface area contributed by atoms with Gasteiger partial charge in [0.2, 0.25) is 5.95 Å². The van der Waals surface area contributed by atoms with Crippen LogP contribution >= 0.6 is 0 Å². The summed E-state index contributed by atoms with van der Waals surface area (Å²) in [6.07, 6.45) is 0. The second kappa shape index (κ2) is 12.6. The van der Waals surface area contributed by atoms with Gasteiger partial charge in [-0.15, -0.1) is 0 Å². The van der Waals surface area contributed by atoms with Crippen molar-refractivity contribution in [3.63, 3.8) is 0 Å². The van der Waals surface area contributed by atoms with Gasteiger partial charge in [0.15, 0.2) is 0 Å². The average Bonchev–Trinajstić information content (AvgIpc) is 3.91. The summed E-state index contributed by atoms with van der Waals surface area (Å²) in [5.74, 6) is 0.660. The van der Waals surface area contributed by atoms with E-state index in [-0.39, 0.29) is 5.41 Å². The smallest absolute Gasteiger partial charge is 0.235 e. The van der Waals surface area contributed by atoms with Crippen molar-refractivity contribution in [3.05, 3.63) is 205 Å². The highest BCUT2D eigenvalue weighted by atomic mass is 15.2. The van der Waals surface area contributed by atoms with E-state index in [0.29, 0.717) is 5.95 Å². The van der Waals surface area contributed by atoms with Crippen molar-refractivity contribution < 1.29 is 0 Å². The lowest BCUT2D eigenvalue weighted by atomic mass is 9.82. The third-order valence-electron chi connectivity index (χ3n) is 13.3. The molecular formula is C57H38N4. The number of para-hydroxylation sites is 3. The van der Waals surface area contributed by atoms with Crippen LogP contribution in [0.5, 0.6) is 0 Å². The molecule has 0 amide bonds. The molecule has 4 heteroatoms. The van der Waals surface area contributed by atoms with E-state index in [4.69, 9.17) is 9.97 Å². The van der Waals surface area contributed by atoms with E-state index < -0.39 is 0 Å². The molecule has 0 fully saturated rings. The topological polar surface area (TPSA) is 35.6 Å². The molecule has 4 nitrogen and oxygen atoms in total. The molecule has 1 aliphatic rings. The molecule has 12 aromatic rings. The van der Waals surface area contributed by atoms with Crippen LogP contribution in [0.3, 0.4) is 0 Å². The Hall–Kier alpha value is -7.82. The van der Waals surface area contributed by atoms with Gasteiger partial charge in [-0.3, -0.25) is 4.57 Å². The molecule has 0 bridgehead atoms. The summed E-state index contributed by atoms with van der Waals surface area (Å²) in [5, 5.41) is 8.20. The van der Waals surface area contributed by atoms with Gasteiger partial charge in [-0.25, -0.2) is 9.97 Å². The van der Waals surface area contributed by atoms with Crippen LogP contribution < -0.4 is 0 Å². The fraction of sp³-hybridized carbons (Fsp3) is 0.0526. The lowest BCUT2D eigenvalue weighted by molar-refractivity contribution is 0.660. The van der Waals surface area contributed by atoms with Gasteiger partial charge < -0.3 is 4.57 Å². The first kappa shape index (κ1) is 34.1. The predicted molar refractivity (Wildman–Crippen MR) is 254 cm³/mol. The number of hydrogen-bond acceptors (Lipinski definition) is 2. The molecule has 3 heterocycles. The van der Waals surface area contributed by atoms with Crippen molar-refractivity contribution in [2.75, 3.05) is 0 Å². The molecule has 0 atom stereocenters. The van der Waals surface area contributed by atoms with Crippen molar-refractivity contribution >= 4 is 65.3 Å². The minimum absolute atomic E-state index is 0.0969. The number of fused-ring (bicyclic) bond motifs is 12. The van der Waals surface area contributed by atoms with Crippen LogP contribution in [0.2, 0.25) is 0 Å². The van der Waals surface area contributed by atoms with Gasteiger partial charge in [-0.2, -0.15) is 0 Å². The summed E-state index contributed by atoms with van der Waals surface area (Å²) in [6, 6.07) is 70.6. The maximum absolute atomic E-state index is 5.39. The highest BCUT2D eigenvalue weighted by Crippen LogP contribution is 2.50. The molecule has 61 heavy (non-hydrogen) atoms. The van der Waals surface area contributed by atoms with Crippen molar-refractivity contribution in [2.24, 2.45) is 0 Å². The molecular weight excluding hydrogens is 741 g/mol. The van der Waals surface area contributed by atoms with Crippen LogP contribution in [0.4, 0.5) is 0 Å². The van der Waals surface area contributed by atoms with Gasteiger partial charge in [0.05, 0.1) is 33.3 Å². The zero-order valence-corrected chi connectivity index (χ0v) is 33.8. The third kappa shape index (κ3) is 4.82. The molecule has 0 spiro atoms. The lowest BCUT2D eigenvalue weighted by Gasteiger charge is -2.22. The summed E-state index contributed by atoms with van der Waals surface area (Å²) in [5.41, 5.74) is 16.4. The Kier molecular flexibility index (Phi) is 7.04. The minimum atomic E-state index is -0.0969. The normalized spacial score (nSPS) is 13.2. The number of nitrogens with zero attached hydrogens (tertiary/aromatic N) is 4. The Labute approximate surface area is 352 Å². The molecule has 1 aliphatic carbocycles. The Bertz CT molecular complexity index is 3790. The monoisotopic (exact) mass is 778 g/mol. The maximum atomic E-state index is 5.39. The van der Waals surface area contributed by atoms with Gasteiger partial charge in [0.25, 0.3) is 0 Å². The van der Waals surface area contributed by atoms with Gasteiger partial charge in [0, 0.05) is 49.0 Å². The first-order valence-electron chi connectivity index (χ1n) is 21.1. The van der Waals surface area contributed by atoms with E-state index in [1.807, 2.05) is 0 Å². The largest absolute Gasteiger partial charge is 0.309 e. The van der Waals surface area contributed by atoms with Gasteiger partial charge in [-0.1, -0.05) is 166 Å². The van der Waals surface area contributed by atoms with Crippen molar-refractivity contribution in [2.45, 2.75) is 19.3 Å². The van der Waals surface area contributed by atoms with E-state index in [9.17, 15) is 0 Å². The first-order chi connectivity index (χ1) is 30.0. The second-order valence-corrected chi connectivity index (χ2v) is 17.0. The van der Waals surface area contributed by atoms with E-state index in [1.165, 1.54) is 77.0 Å². The molecule has 286 valence electrons. The second-order valence-electron chi connectivity index (χ2n) is 17.0. The first-order valence-corrected chi connectivity index (χ1v) is 21.1. The minimum Gasteiger partial charge on any atom is -0.309 e. The number of aromatic nitrogens is 4. The quantitative estimate of drug-likeness (QED) is 0.178. The number of hydrogen-bond donors (Lipinski definition) is 0. The van der Waals surface area contributed by atoms with E-state index in [2.05, 4.69) is 217 Å². The molecule has 0 radical (unpaired) electrons. The summed E-state index contributed by atoms with van der Waals surface area (Å²) in [6.45, 7) is 4.72. The summed E-state index contributed by atoms with van der Waals surface area (Å²) >= 11 is 0. The highest BCUT2D eigenvalue weighted by Gasteiger charge is 2.35. The number of benzene rings is 9. The predicted octanol–water partition coefficient (Wildman–Crippen LogP) is 14.6. The Morgan fingerprint density at radius 3 is 1.82 bits per heavy atom. The zero-order chi connectivity index (χ0) is 40.4. The summed E-state index contributed by atoms with van der Waals surface area (Å²) < 4.78 is 4.76. The average molecular weight is 779 g/mol. The van der Waals surface area contributed by atoms with Crippen LogP contribution in [0.1, 0.15) is 25.0 Å². The molecule has 0 saturated carbocycles. The van der Waals surface area contributed by atoms with Crippen LogP contribution in [-0.2, 0) is 5.41 Å². The van der Waals surface area contributed by atoms with Crippen molar-refractivity contribution in [1.82, 2.24) is 19.1 Å². The molecule has 0 unspecified atom stereocenters. The standard InChI is InChI=1S/C57H38N4/c1-57(2)48-24-12-8-19-39(48)40-31-29-37(33-49(40)57)60-51-26-14-10-20-41(51)43-30-28-36(32-53(43)60)46-34-47-42-21-11-15-27-52(42)61(55(47)44-22-7-6-18-38(44)46)56-58-50-25-13-9-23-45(50)54(59-56)35-16-4-3-5-17-35/h3-34H,1-2H3. The SMILES string of the molecule is CC1(C)c2ccccc2-c2ccc(-n3c4ccccc4c4ccc(-c5cc6c7ccccc7n(-c7nc(-c8ccccc8)c8ccccc8n7)c6c6ccccc56)cc43)cc21. The molecule has 0 saturated heterocycles. The van der Waals surface area contributed by atoms with Crippen LogP contribution in [-0.4, -0.2) is 19.1 Å². The van der Waals surface area contributed by atoms with Gasteiger partial charge in [-0.05, 0) is 81.2 Å². The summed E-state index contributed by atoms with van der Waals surface area (Å²) in [4.78, 5) is 10.7. The molecule has 3 aromatic heterocycles. The zero-order valence-electron chi connectivity index (χ0n) is 33.8. The third-order valence-corrected chi connectivity index (χ3v) is 13.3. The highest BCUT2D eigenvalue weighted by molar-refractivity contribution is 6.22. The summed E-state index contributed by atoms with van der Waals surface area (Å²) in [7, 11) is 0. The number of rotatable bonds is 4. The Morgan fingerprint density at radius 2 is 1.00 bits per heavy atom. The lowest BCUT2D eigenvalue weighted by Crippen LogP contribution is -2.15. The maximum Gasteiger partial charge on any atom is 0.235 e. The van der Waals surface area contributed by atoms with E-state index in [1.54, 1.807) is 0 Å². The fourth-order valence-electron chi connectivity index (χ4n) is 10.5. The Morgan fingerprint density at radius 1 is 0.377 bits per heavy atom. The fourth-order valence-corrected chi connectivity index (χ4v) is 10.5. The van der Waals surface area contributed by atoms with Gasteiger partial charge in [0.1, 0.15) is 0 Å². The molecule has 0 N–H and O–H groups in total. The van der Waals surface area contributed by atoms with Gasteiger partial charge >= 0.3 is 0 Å². The van der Waals surface area contributed by atoms with Crippen molar-refractivity contribution in [3.8, 4) is 45.1 Å².